The Hall–Kier alpha value is -1.22. The highest BCUT2D eigenvalue weighted by atomic mass is 35.5. The van der Waals surface area contributed by atoms with Crippen molar-refractivity contribution in [2.24, 2.45) is 5.73 Å². The van der Waals surface area contributed by atoms with E-state index in [9.17, 15) is 0 Å². The number of hydrogen-bond acceptors (Lipinski definition) is 2. The van der Waals surface area contributed by atoms with Gasteiger partial charge in [0.05, 0.1) is 6.61 Å². The smallest absolute Gasteiger partial charge is 0.119 e. The number of hydrogen-bond donors (Lipinski definition) is 1. The van der Waals surface area contributed by atoms with Gasteiger partial charge < -0.3 is 10.5 Å². The van der Waals surface area contributed by atoms with E-state index in [1.54, 1.807) is 0 Å². The lowest BCUT2D eigenvalue weighted by molar-refractivity contribution is 0.308. The van der Waals surface area contributed by atoms with Crippen molar-refractivity contribution in [3.8, 4) is 16.9 Å². The topological polar surface area (TPSA) is 35.2 Å². The Kier molecular flexibility index (Phi) is 5.72. The summed E-state index contributed by atoms with van der Waals surface area (Å²) in [5, 5.41) is 1.29. The zero-order chi connectivity index (χ0) is 14.4. The van der Waals surface area contributed by atoms with Gasteiger partial charge in [-0.2, -0.15) is 0 Å². The molecule has 2 rings (SSSR count). The van der Waals surface area contributed by atoms with Crippen molar-refractivity contribution >= 4 is 23.2 Å². The van der Waals surface area contributed by atoms with Gasteiger partial charge in [0.2, 0.25) is 0 Å². The molecule has 2 nitrogen and oxygen atoms in total. The Bertz CT molecular complexity index is 535. The maximum Gasteiger partial charge on any atom is 0.119 e. The normalized spacial score (nSPS) is 10.6. The van der Waals surface area contributed by atoms with Gasteiger partial charge in [-0.15, -0.1) is 0 Å². The molecule has 0 amide bonds. The molecule has 0 unspecified atom stereocenters. The lowest BCUT2D eigenvalue weighted by Gasteiger charge is -2.09. The number of rotatable bonds is 6. The van der Waals surface area contributed by atoms with E-state index >= 15 is 0 Å². The first-order valence-corrected chi connectivity index (χ1v) is 7.35. The quantitative estimate of drug-likeness (QED) is 0.779. The standard InChI is InChI=1S/C16H17Cl2NO/c17-14-4-3-5-15(18)16(14)12-6-8-13(9-7-12)20-11-2-1-10-19/h3-9H,1-2,10-11,19H2. The molecule has 4 heteroatoms. The molecule has 0 heterocycles. The van der Waals surface area contributed by atoms with Gasteiger partial charge in [-0.25, -0.2) is 0 Å². The molecular weight excluding hydrogens is 293 g/mol. The maximum atomic E-state index is 6.19. The van der Waals surface area contributed by atoms with E-state index in [1.165, 1.54) is 0 Å². The Morgan fingerprint density at radius 3 is 2.15 bits per heavy atom. The average Bonchev–Trinajstić information content (AvgIpc) is 2.45. The number of benzene rings is 2. The fourth-order valence-electron chi connectivity index (χ4n) is 1.93. The predicted octanol–water partition coefficient (Wildman–Crippen LogP) is 4.78. The summed E-state index contributed by atoms with van der Waals surface area (Å²) in [6.07, 6.45) is 1.95. The van der Waals surface area contributed by atoms with Crippen LogP contribution < -0.4 is 10.5 Å². The summed E-state index contributed by atoms with van der Waals surface area (Å²) < 4.78 is 5.64. The van der Waals surface area contributed by atoms with Crippen molar-refractivity contribution in [1.82, 2.24) is 0 Å². The molecule has 0 aliphatic carbocycles. The molecule has 0 aliphatic rings. The molecule has 2 aromatic carbocycles. The molecule has 0 aliphatic heterocycles. The van der Waals surface area contributed by atoms with Crippen LogP contribution in [0.4, 0.5) is 0 Å². The molecule has 2 aromatic rings. The number of ether oxygens (including phenoxy) is 1. The largest absolute Gasteiger partial charge is 0.494 e. The third kappa shape index (κ3) is 3.89. The zero-order valence-electron chi connectivity index (χ0n) is 11.1. The van der Waals surface area contributed by atoms with Gasteiger partial charge >= 0.3 is 0 Å². The molecule has 0 radical (unpaired) electrons. The molecule has 0 spiro atoms. The van der Waals surface area contributed by atoms with Gasteiger partial charge in [0.15, 0.2) is 0 Å². The van der Waals surface area contributed by atoms with Crippen LogP contribution in [0.3, 0.4) is 0 Å². The second-order valence-corrected chi connectivity index (χ2v) is 5.28. The van der Waals surface area contributed by atoms with Crippen LogP contribution in [-0.2, 0) is 0 Å². The van der Waals surface area contributed by atoms with Crippen molar-refractivity contribution in [2.45, 2.75) is 12.8 Å². The van der Waals surface area contributed by atoms with Crippen molar-refractivity contribution < 1.29 is 4.74 Å². The minimum atomic E-state index is 0.647. The number of unbranched alkanes of at least 4 members (excludes halogenated alkanes) is 1. The molecule has 0 aromatic heterocycles. The van der Waals surface area contributed by atoms with Gasteiger partial charge in [-0.1, -0.05) is 41.4 Å². The van der Waals surface area contributed by atoms with Crippen LogP contribution >= 0.6 is 23.2 Å². The van der Waals surface area contributed by atoms with Crippen LogP contribution in [0.2, 0.25) is 10.0 Å². The van der Waals surface area contributed by atoms with E-state index in [2.05, 4.69) is 0 Å². The summed E-state index contributed by atoms with van der Waals surface area (Å²) in [6, 6.07) is 13.3. The van der Waals surface area contributed by atoms with Crippen molar-refractivity contribution in [1.29, 1.82) is 0 Å². The molecule has 20 heavy (non-hydrogen) atoms. The highest BCUT2D eigenvalue weighted by Gasteiger charge is 2.08. The van der Waals surface area contributed by atoms with Crippen LogP contribution in [-0.4, -0.2) is 13.2 Å². The van der Waals surface area contributed by atoms with E-state index in [0.29, 0.717) is 23.2 Å². The molecule has 106 valence electrons. The first-order chi connectivity index (χ1) is 9.72. The fourth-order valence-corrected chi connectivity index (χ4v) is 2.54. The Morgan fingerprint density at radius 1 is 0.900 bits per heavy atom. The Balaban J connectivity index is 2.08. The van der Waals surface area contributed by atoms with Gasteiger partial charge in [0, 0.05) is 15.6 Å². The zero-order valence-corrected chi connectivity index (χ0v) is 12.6. The molecule has 0 saturated heterocycles. The lowest BCUT2D eigenvalue weighted by atomic mass is 10.1. The Morgan fingerprint density at radius 2 is 1.55 bits per heavy atom. The van der Waals surface area contributed by atoms with Crippen LogP contribution in [0.15, 0.2) is 42.5 Å². The lowest BCUT2D eigenvalue weighted by Crippen LogP contribution is -2.03. The predicted molar refractivity (Wildman–Crippen MR) is 85.7 cm³/mol. The van der Waals surface area contributed by atoms with Gasteiger partial charge in [-0.3, -0.25) is 0 Å². The minimum absolute atomic E-state index is 0.647. The molecule has 0 saturated carbocycles. The molecular formula is C16H17Cl2NO. The highest BCUT2D eigenvalue weighted by Crippen LogP contribution is 2.35. The van der Waals surface area contributed by atoms with E-state index in [-0.39, 0.29) is 0 Å². The maximum absolute atomic E-state index is 6.19. The van der Waals surface area contributed by atoms with Crippen LogP contribution in [0.25, 0.3) is 11.1 Å². The summed E-state index contributed by atoms with van der Waals surface area (Å²) in [4.78, 5) is 0. The van der Waals surface area contributed by atoms with Crippen LogP contribution in [0.1, 0.15) is 12.8 Å². The van der Waals surface area contributed by atoms with Crippen molar-refractivity contribution in [3.63, 3.8) is 0 Å². The average molecular weight is 310 g/mol. The summed E-state index contributed by atoms with van der Waals surface area (Å²) >= 11 is 12.4. The summed E-state index contributed by atoms with van der Waals surface area (Å²) in [5.41, 5.74) is 7.27. The summed E-state index contributed by atoms with van der Waals surface area (Å²) in [5.74, 6) is 0.842. The van der Waals surface area contributed by atoms with E-state index in [0.717, 1.165) is 29.7 Å². The second-order valence-electron chi connectivity index (χ2n) is 4.47. The van der Waals surface area contributed by atoms with Crippen LogP contribution in [0, 0.1) is 0 Å². The number of nitrogens with two attached hydrogens (primary N) is 1. The SMILES string of the molecule is NCCCCOc1ccc(-c2c(Cl)cccc2Cl)cc1. The van der Waals surface area contributed by atoms with Gasteiger partial charge in [0.1, 0.15) is 5.75 Å². The van der Waals surface area contributed by atoms with Gasteiger partial charge in [-0.05, 0) is 49.2 Å². The third-order valence-corrected chi connectivity index (χ3v) is 3.60. The minimum Gasteiger partial charge on any atom is -0.494 e. The van der Waals surface area contributed by atoms with Crippen molar-refractivity contribution in [2.75, 3.05) is 13.2 Å². The molecule has 2 N–H and O–H groups in total. The monoisotopic (exact) mass is 309 g/mol. The molecule has 0 bridgehead atoms. The summed E-state index contributed by atoms with van der Waals surface area (Å²) in [6.45, 7) is 1.39. The molecule has 0 atom stereocenters. The van der Waals surface area contributed by atoms with E-state index in [1.807, 2.05) is 42.5 Å². The van der Waals surface area contributed by atoms with Crippen LogP contribution in [0.5, 0.6) is 5.75 Å². The highest BCUT2D eigenvalue weighted by molar-refractivity contribution is 6.39. The first kappa shape index (κ1) is 15.2. The first-order valence-electron chi connectivity index (χ1n) is 6.59. The molecule has 0 fully saturated rings. The number of halogens is 2. The summed E-state index contributed by atoms with van der Waals surface area (Å²) in [7, 11) is 0. The van der Waals surface area contributed by atoms with E-state index in [4.69, 9.17) is 33.7 Å². The van der Waals surface area contributed by atoms with Gasteiger partial charge in [0.25, 0.3) is 0 Å². The third-order valence-electron chi connectivity index (χ3n) is 2.97. The fraction of sp³-hybridized carbons (Fsp3) is 0.250. The van der Waals surface area contributed by atoms with Crippen molar-refractivity contribution in [3.05, 3.63) is 52.5 Å². The second kappa shape index (κ2) is 7.53. The van der Waals surface area contributed by atoms with E-state index < -0.39 is 0 Å². The Labute approximate surface area is 129 Å².